The van der Waals surface area contributed by atoms with Gasteiger partial charge in [-0.1, -0.05) is 18.5 Å². The molecule has 0 saturated heterocycles. The van der Waals surface area contributed by atoms with Gasteiger partial charge in [0.05, 0.1) is 5.54 Å². The van der Waals surface area contributed by atoms with Crippen LogP contribution >= 0.6 is 0 Å². The molecule has 2 rings (SSSR count). The van der Waals surface area contributed by atoms with Crippen LogP contribution in [0.3, 0.4) is 0 Å². The van der Waals surface area contributed by atoms with Crippen LogP contribution in [-0.2, 0) is 10.3 Å². The Hall–Kier alpha value is -0.940. The van der Waals surface area contributed by atoms with Crippen LogP contribution in [0.5, 0.6) is 0 Å². The fraction of sp³-hybridized carbons (Fsp3) is 0.846. The van der Waals surface area contributed by atoms with Crippen LogP contribution in [0.25, 0.3) is 0 Å². The van der Waals surface area contributed by atoms with Crippen LogP contribution in [0.2, 0.25) is 0 Å². The molecule has 1 aromatic rings. The highest BCUT2D eigenvalue weighted by atomic mass is 16.5. The van der Waals surface area contributed by atoms with Crippen LogP contribution in [0.15, 0.2) is 4.52 Å². The summed E-state index contributed by atoms with van der Waals surface area (Å²) in [6, 6.07) is 0. The number of nitrogens with zero attached hydrogens (tertiary/aromatic N) is 2. The third-order valence-electron chi connectivity index (χ3n) is 4.16. The van der Waals surface area contributed by atoms with Gasteiger partial charge >= 0.3 is 0 Å². The SMILES string of the molecule is CCC1CCC(N)(c2nc(C(C)OC)no2)CC1. The second-order valence-corrected chi connectivity index (χ2v) is 5.34. The quantitative estimate of drug-likeness (QED) is 0.892. The highest BCUT2D eigenvalue weighted by molar-refractivity contribution is 5.05. The summed E-state index contributed by atoms with van der Waals surface area (Å²) in [5.74, 6) is 1.94. The zero-order valence-electron chi connectivity index (χ0n) is 11.5. The molecule has 1 aromatic heterocycles. The van der Waals surface area contributed by atoms with Gasteiger partial charge in [0, 0.05) is 7.11 Å². The minimum Gasteiger partial charge on any atom is -0.374 e. The van der Waals surface area contributed by atoms with E-state index in [0.29, 0.717) is 11.7 Å². The van der Waals surface area contributed by atoms with E-state index in [1.165, 1.54) is 6.42 Å². The van der Waals surface area contributed by atoms with E-state index in [-0.39, 0.29) is 6.10 Å². The summed E-state index contributed by atoms with van der Waals surface area (Å²) >= 11 is 0. The molecule has 1 atom stereocenters. The van der Waals surface area contributed by atoms with Gasteiger partial charge in [-0.15, -0.1) is 0 Å². The van der Waals surface area contributed by atoms with Crippen molar-refractivity contribution in [2.75, 3.05) is 7.11 Å². The molecule has 1 fully saturated rings. The average molecular weight is 253 g/mol. The van der Waals surface area contributed by atoms with E-state index in [1.807, 2.05) is 6.92 Å². The van der Waals surface area contributed by atoms with Gasteiger partial charge in [-0.25, -0.2) is 0 Å². The highest BCUT2D eigenvalue weighted by Crippen LogP contribution is 2.38. The average Bonchev–Trinajstić information content (AvgIpc) is 2.89. The highest BCUT2D eigenvalue weighted by Gasteiger charge is 2.37. The zero-order chi connectivity index (χ0) is 13.2. The number of hydrogen-bond acceptors (Lipinski definition) is 5. The van der Waals surface area contributed by atoms with Crippen LogP contribution in [0.4, 0.5) is 0 Å². The monoisotopic (exact) mass is 253 g/mol. The predicted molar refractivity (Wildman–Crippen MR) is 67.8 cm³/mol. The summed E-state index contributed by atoms with van der Waals surface area (Å²) in [5.41, 5.74) is 5.98. The Balaban J connectivity index is 2.09. The van der Waals surface area contributed by atoms with Gasteiger partial charge in [0.25, 0.3) is 0 Å². The summed E-state index contributed by atoms with van der Waals surface area (Å²) in [7, 11) is 1.63. The van der Waals surface area contributed by atoms with Crippen LogP contribution < -0.4 is 5.73 Å². The van der Waals surface area contributed by atoms with E-state index in [9.17, 15) is 0 Å². The first kappa shape index (κ1) is 13.5. The molecule has 0 aromatic carbocycles. The molecule has 0 aliphatic heterocycles. The van der Waals surface area contributed by atoms with Gasteiger partial charge in [-0.05, 0) is 38.5 Å². The van der Waals surface area contributed by atoms with E-state index in [1.54, 1.807) is 7.11 Å². The summed E-state index contributed by atoms with van der Waals surface area (Å²) in [5, 5.41) is 3.96. The number of methoxy groups -OCH3 is 1. The molecule has 2 N–H and O–H groups in total. The second-order valence-electron chi connectivity index (χ2n) is 5.34. The van der Waals surface area contributed by atoms with Crippen LogP contribution in [0.1, 0.15) is 63.8 Å². The maximum Gasteiger partial charge on any atom is 0.246 e. The minimum absolute atomic E-state index is 0.155. The first-order valence-electron chi connectivity index (χ1n) is 6.75. The molecular weight excluding hydrogens is 230 g/mol. The normalized spacial score (nSPS) is 30.3. The number of ether oxygens (including phenoxy) is 1. The molecule has 0 bridgehead atoms. The predicted octanol–water partition coefficient (Wildman–Crippen LogP) is 2.53. The molecule has 18 heavy (non-hydrogen) atoms. The second kappa shape index (κ2) is 5.36. The third-order valence-corrected chi connectivity index (χ3v) is 4.16. The maximum absolute atomic E-state index is 6.42. The van der Waals surface area contributed by atoms with E-state index >= 15 is 0 Å². The van der Waals surface area contributed by atoms with Gasteiger partial charge in [0.2, 0.25) is 5.89 Å². The van der Waals surface area contributed by atoms with Gasteiger partial charge < -0.3 is 15.0 Å². The van der Waals surface area contributed by atoms with Crippen molar-refractivity contribution in [2.45, 2.75) is 57.6 Å². The van der Waals surface area contributed by atoms with Crippen molar-refractivity contribution in [3.8, 4) is 0 Å². The Morgan fingerprint density at radius 3 is 2.72 bits per heavy atom. The molecule has 5 heteroatoms. The molecule has 102 valence electrons. The number of aromatic nitrogens is 2. The molecule has 1 aliphatic carbocycles. The van der Waals surface area contributed by atoms with Crippen molar-refractivity contribution in [1.82, 2.24) is 10.1 Å². The van der Waals surface area contributed by atoms with Crippen molar-refractivity contribution in [2.24, 2.45) is 11.7 Å². The van der Waals surface area contributed by atoms with Crippen molar-refractivity contribution in [3.63, 3.8) is 0 Å². The Kier molecular flexibility index (Phi) is 4.02. The molecule has 1 heterocycles. The minimum atomic E-state index is -0.440. The molecule has 5 nitrogen and oxygen atoms in total. The van der Waals surface area contributed by atoms with Crippen molar-refractivity contribution in [3.05, 3.63) is 11.7 Å². The topological polar surface area (TPSA) is 74.2 Å². The van der Waals surface area contributed by atoms with Gasteiger partial charge in [0.1, 0.15) is 6.10 Å². The summed E-state index contributed by atoms with van der Waals surface area (Å²) in [6.45, 7) is 4.13. The van der Waals surface area contributed by atoms with E-state index in [4.69, 9.17) is 15.0 Å². The van der Waals surface area contributed by atoms with E-state index < -0.39 is 5.54 Å². The standard InChI is InChI=1S/C13H23N3O2/c1-4-10-5-7-13(14,8-6-10)12-15-11(16-18-12)9(2)17-3/h9-10H,4-8,14H2,1-3H3. The fourth-order valence-electron chi connectivity index (χ4n) is 2.52. The Labute approximate surface area is 108 Å². The third kappa shape index (κ3) is 2.57. The van der Waals surface area contributed by atoms with E-state index in [0.717, 1.165) is 31.6 Å². The number of hydrogen-bond donors (Lipinski definition) is 1. The summed E-state index contributed by atoms with van der Waals surface area (Å²) in [6.07, 6.45) is 5.21. The Bertz CT molecular complexity index is 383. The number of rotatable bonds is 4. The van der Waals surface area contributed by atoms with Crippen LogP contribution in [0, 0.1) is 5.92 Å². The molecule has 1 aliphatic rings. The fourth-order valence-corrected chi connectivity index (χ4v) is 2.52. The van der Waals surface area contributed by atoms with Gasteiger partial charge in [-0.3, -0.25) is 0 Å². The lowest BCUT2D eigenvalue weighted by atomic mass is 9.76. The van der Waals surface area contributed by atoms with Crippen molar-refractivity contribution in [1.29, 1.82) is 0 Å². The summed E-state index contributed by atoms with van der Waals surface area (Å²) in [4.78, 5) is 4.40. The first-order chi connectivity index (χ1) is 8.59. The molecule has 1 saturated carbocycles. The van der Waals surface area contributed by atoms with Gasteiger partial charge in [0.15, 0.2) is 5.82 Å². The number of nitrogens with two attached hydrogens (primary N) is 1. The Morgan fingerprint density at radius 2 is 2.17 bits per heavy atom. The molecule has 0 amide bonds. The molecule has 0 radical (unpaired) electrons. The molecule has 1 unspecified atom stereocenters. The van der Waals surface area contributed by atoms with Gasteiger partial charge in [-0.2, -0.15) is 4.98 Å². The lowest BCUT2D eigenvalue weighted by Gasteiger charge is -2.33. The lowest BCUT2D eigenvalue weighted by molar-refractivity contribution is 0.109. The largest absolute Gasteiger partial charge is 0.374 e. The maximum atomic E-state index is 6.42. The molecule has 0 spiro atoms. The lowest BCUT2D eigenvalue weighted by Crippen LogP contribution is -2.40. The van der Waals surface area contributed by atoms with E-state index in [2.05, 4.69) is 17.1 Å². The summed E-state index contributed by atoms with van der Waals surface area (Å²) < 4.78 is 10.5. The van der Waals surface area contributed by atoms with Crippen molar-refractivity contribution < 1.29 is 9.26 Å². The zero-order valence-corrected chi connectivity index (χ0v) is 11.5. The Morgan fingerprint density at radius 1 is 1.50 bits per heavy atom. The van der Waals surface area contributed by atoms with Crippen molar-refractivity contribution >= 4 is 0 Å². The smallest absolute Gasteiger partial charge is 0.246 e. The first-order valence-corrected chi connectivity index (χ1v) is 6.75. The van der Waals surface area contributed by atoms with Crippen LogP contribution in [-0.4, -0.2) is 17.3 Å². The molecular formula is C13H23N3O2.